The van der Waals surface area contributed by atoms with Crippen LogP contribution in [0.25, 0.3) is 0 Å². The van der Waals surface area contributed by atoms with Gasteiger partial charge in [-0.05, 0) is 77.0 Å². The lowest BCUT2D eigenvalue weighted by atomic mass is 10.0. The first-order valence-corrected chi connectivity index (χ1v) is 24.9. The molecule has 3 N–H and O–H groups in total. The number of hydrogen-bond donors (Lipinski definition) is 2. The normalized spacial score (nSPS) is 13.9. The zero-order valence-electron chi connectivity index (χ0n) is 37.5. The number of carbonyl (C=O) groups is 2. The van der Waals surface area contributed by atoms with Gasteiger partial charge in [-0.1, -0.05) is 177 Å². The van der Waals surface area contributed by atoms with E-state index < -0.39 is 32.5 Å². The minimum atomic E-state index is -4.40. The third kappa shape index (κ3) is 44.8. The number of allylic oxidation sites excluding steroid dienone is 12. The van der Waals surface area contributed by atoms with E-state index in [-0.39, 0.29) is 32.6 Å². The molecule has 340 valence electrons. The van der Waals surface area contributed by atoms with Gasteiger partial charge in [0.1, 0.15) is 6.61 Å². The van der Waals surface area contributed by atoms with Crippen LogP contribution in [-0.4, -0.2) is 49.3 Å². The summed E-state index contributed by atoms with van der Waals surface area (Å²) in [5.74, 6) is -0.899. The summed E-state index contributed by atoms with van der Waals surface area (Å²) in [6.07, 6.45) is 55.2. The Morgan fingerprint density at radius 3 is 1.46 bits per heavy atom. The molecule has 59 heavy (non-hydrogen) atoms. The van der Waals surface area contributed by atoms with Gasteiger partial charge in [-0.25, -0.2) is 4.57 Å². The third-order valence-corrected chi connectivity index (χ3v) is 10.6. The number of hydrogen-bond acceptors (Lipinski definition) is 8. The van der Waals surface area contributed by atoms with Gasteiger partial charge in [-0.15, -0.1) is 0 Å². The number of unbranched alkanes of at least 4 members (excludes halogenated alkanes) is 18. The molecule has 0 aliphatic rings. The monoisotopic (exact) mass is 848 g/mol. The van der Waals surface area contributed by atoms with Gasteiger partial charge in [-0.2, -0.15) is 0 Å². The second-order valence-corrected chi connectivity index (χ2v) is 16.7. The lowest BCUT2D eigenvalue weighted by Gasteiger charge is -2.19. The molecule has 0 aromatic rings. The molecule has 0 radical (unpaired) electrons. The SMILES string of the molecule is CC/C=C/C/C=C/C/C=C/C/C=C/C/C=C/CCCC(=O)O[C@H](COC(=O)CCCCCCCCCCCCC/C=C/CCCCCCCC)COP(=O)(O)OCCN. The Kier molecular flexibility index (Phi) is 43.0. The van der Waals surface area contributed by atoms with E-state index in [1.165, 1.54) is 103 Å². The van der Waals surface area contributed by atoms with Gasteiger partial charge in [0.15, 0.2) is 6.10 Å². The summed E-state index contributed by atoms with van der Waals surface area (Å²) in [6, 6.07) is 0. The van der Waals surface area contributed by atoms with Gasteiger partial charge in [0.05, 0.1) is 13.2 Å². The highest BCUT2D eigenvalue weighted by Crippen LogP contribution is 2.43. The molecule has 0 aromatic carbocycles. The van der Waals surface area contributed by atoms with E-state index in [0.29, 0.717) is 12.8 Å². The van der Waals surface area contributed by atoms with Crippen LogP contribution in [0.3, 0.4) is 0 Å². The van der Waals surface area contributed by atoms with Crippen LogP contribution in [0.2, 0.25) is 0 Å². The zero-order chi connectivity index (χ0) is 43.2. The highest BCUT2D eigenvalue weighted by atomic mass is 31.2. The topological polar surface area (TPSA) is 134 Å². The van der Waals surface area contributed by atoms with E-state index in [4.69, 9.17) is 24.3 Å². The molecular weight excluding hydrogens is 762 g/mol. The van der Waals surface area contributed by atoms with Gasteiger partial charge in [0.25, 0.3) is 0 Å². The van der Waals surface area contributed by atoms with E-state index in [0.717, 1.165) is 51.4 Å². The highest BCUT2D eigenvalue weighted by Gasteiger charge is 2.26. The fourth-order valence-electron chi connectivity index (χ4n) is 6.14. The summed E-state index contributed by atoms with van der Waals surface area (Å²) in [7, 11) is -4.40. The number of nitrogens with two attached hydrogens (primary N) is 1. The molecule has 10 heteroatoms. The summed E-state index contributed by atoms with van der Waals surface area (Å²) in [4.78, 5) is 34.9. The predicted octanol–water partition coefficient (Wildman–Crippen LogP) is 13.8. The minimum Gasteiger partial charge on any atom is -0.462 e. The van der Waals surface area contributed by atoms with Crippen LogP contribution in [0.1, 0.15) is 194 Å². The van der Waals surface area contributed by atoms with E-state index >= 15 is 0 Å². The first-order valence-electron chi connectivity index (χ1n) is 23.4. The number of esters is 2. The second-order valence-electron chi connectivity index (χ2n) is 15.2. The van der Waals surface area contributed by atoms with Crippen LogP contribution >= 0.6 is 7.82 Å². The maximum Gasteiger partial charge on any atom is 0.472 e. The molecule has 0 saturated carbocycles. The first kappa shape index (κ1) is 56.5. The predicted molar refractivity (Wildman–Crippen MR) is 247 cm³/mol. The van der Waals surface area contributed by atoms with Crippen LogP contribution in [0.4, 0.5) is 0 Å². The molecule has 0 aliphatic heterocycles. The average Bonchev–Trinajstić information content (AvgIpc) is 3.22. The van der Waals surface area contributed by atoms with Gasteiger partial charge in [-0.3, -0.25) is 18.6 Å². The Bertz CT molecular complexity index is 1190. The number of ether oxygens (including phenoxy) is 2. The molecule has 0 aliphatic carbocycles. The van der Waals surface area contributed by atoms with Crippen molar-refractivity contribution in [3.8, 4) is 0 Å². The van der Waals surface area contributed by atoms with E-state index in [9.17, 15) is 19.0 Å². The molecule has 0 spiro atoms. The second kappa shape index (κ2) is 45.0. The molecule has 0 bridgehead atoms. The third-order valence-electron chi connectivity index (χ3n) is 9.58. The maximum absolute atomic E-state index is 12.6. The summed E-state index contributed by atoms with van der Waals surface area (Å²) >= 11 is 0. The Morgan fingerprint density at radius 1 is 0.525 bits per heavy atom. The highest BCUT2D eigenvalue weighted by molar-refractivity contribution is 7.47. The first-order chi connectivity index (χ1) is 28.8. The van der Waals surface area contributed by atoms with Crippen LogP contribution < -0.4 is 5.73 Å². The Balaban J connectivity index is 4.17. The number of rotatable bonds is 43. The Morgan fingerprint density at radius 2 is 0.949 bits per heavy atom. The van der Waals surface area contributed by atoms with Crippen molar-refractivity contribution in [2.24, 2.45) is 5.73 Å². The molecule has 9 nitrogen and oxygen atoms in total. The minimum absolute atomic E-state index is 0.0414. The smallest absolute Gasteiger partial charge is 0.462 e. The molecule has 2 atom stereocenters. The number of phosphoric ester groups is 1. The summed E-state index contributed by atoms with van der Waals surface area (Å²) in [6.45, 7) is 3.55. The molecule has 1 unspecified atom stereocenters. The van der Waals surface area contributed by atoms with E-state index in [2.05, 4.69) is 80.7 Å². The molecular formula is C49H86NO8P. The average molecular weight is 848 g/mol. The molecule has 0 amide bonds. The lowest BCUT2D eigenvalue weighted by molar-refractivity contribution is -0.161. The maximum atomic E-state index is 12.6. The summed E-state index contributed by atoms with van der Waals surface area (Å²) in [5.41, 5.74) is 5.35. The molecule has 0 fully saturated rings. The van der Waals surface area contributed by atoms with Gasteiger partial charge in [0.2, 0.25) is 0 Å². The largest absolute Gasteiger partial charge is 0.472 e. The number of carbonyl (C=O) groups excluding carboxylic acids is 2. The van der Waals surface area contributed by atoms with Gasteiger partial charge >= 0.3 is 19.8 Å². The number of phosphoric acid groups is 1. The van der Waals surface area contributed by atoms with Crippen molar-refractivity contribution in [3.63, 3.8) is 0 Å². The van der Waals surface area contributed by atoms with Crippen molar-refractivity contribution in [2.45, 2.75) is 200 Å². The molecule has 0 aromatic heterocycles. The molecule has 0 rings (SSSR count). The summed E-state index contributed by atoms with van der Waals surface area (Å²) in [5, 5.41) is 0. The summed E-state index contributed by atoms with van der Waals surface area (Å²) < 4.78 is 32.8. The van der Waals surface area contributed by atoms with E-state index in [1.807, 2.05) is 6.08 Å². The fraction of sp³-hybridized carbons (Fsp3) is 0.714. The molecule has 0 saturated heterocycles. The Labute approximate surface area is 361 Å². The lowest BCUT2D eigenvalue weighted by Crippen LogP contribution is -2.29. The quantitative estimate of drug-likeness (QED) is 0.0266. The van der Waals surface area contributed by atoms with Crippen molar-refractivity contribution in [1.29, 1.82) is 0 Å². The van der Waals surface area contributed by atoms with Gasteiger partial charge < -0.3 is 20.1 Å². The van der Waals surface area contributed by atoms with E-state index in [1.54, 1.807) is 0 Å². The van der Waals surface area contributed by atoms with Crippen LogP contribution in [0.15, 0.2) is 72.9 Å². The van der Waals surface area contributed by atoms with Crippen molar-refractivity contribution in [1.82, 2.24) is 0 Å². The van der Waals surface area contributed by atoms with Crippen molar-refractivity contribution < 1.29 is 37.6 Å². The van der Waals surface area contributed by atoms with Crippen LogP contribution in [0.5, 0.6) is 0 Å². The Hall–Kier alpha value is -2.55. The molecule has 0 heterocycles. The van der Waals surface area contributed by atoms with Crippen molar-refractivity contribution >= 4 is 19.8 Å². The van der Waals surface area contributed by atoms with Gasteiger partial charge in [0, 0.05) is 19.4 Å². The standard InChI is InChI=1S/C49H86NO8P/c1-3-5-7-9-11-13-15-17-19-21-22-23-24-26-27-29-31-33-35-37-39-41-48(51)55-45-47(46-57-59(53,54)56-44-43-50)58-49(52)42-40-38-36-34-32-30-28-25-20-18-16-14-12-10-8-6-4-2/h6,8,12,14,17-20,28,30,34,36,47H,3-5,7,9-11,13,15-16,21-27,29,31-33,35,37-46,50H2,1-2H3,(H,53,54)/b8-6+,14-12+,19-17+,20-18+,30-28+,36-34+/t47-/m1/s1. The van der Waals surface area contributed by atoms with Crippen LogP contribution in [0, 0.1) is 0 Å². The van der Waals surface area contributed by atoms with Crippen molar-refractivity contribution in [3.05, 3.63) is 72.9 Å². The zero-order valence-corrected chi connectivity index (χ0v) is 38.4. The van der Waals surface area contributed by atoms with Crippen molar-refractivity contribution in [2.75, 3.05) is 26.4 Å². The van der Waals surface area contributed by atoms with Crippen LogP contribution in [-0.2, 0) is 32.7 Å². The fourth-order valence-corrected chi connectivity index (χ4v) is 6.90.